The number of amides is 1. The quantitative estimate of drug-likeness (QED) is 0.405. The Balaban J connectivity index is 2.21. The summed E-state index contributed by atoms with van der Waals surface area (Å²) in [6.45, 7) is 10.1. The third-order valence-electron chi connectivity index (χ3n) is 4.36. The van der Waals surface area contributed by atoms with Crippen molar-refractivity contribution < 1.29 is 19.1 Å². The number of ether oxygens (including phenoxy) is 2. The van der Waals surface area contributed by atoms with E-state index in [1.54, 1.807) is 11.0 Å². The largest absolute Gasteiger partial charge is 0.444 e. The first-order valence-electron chi connectivity index (χ1n) is 9.71. The van der Waals surface area contributed by atoms with Crippen molar-refractivity contribution in [3.05, 3.63) is 41.5 Å². The van der Waals surface area contributed by atoms with Crippen molar-refractivity contribution in [2.75, 3.05) is 6.54 Å². The standard InChI is InChI=1S/C22H31NO4/c1-6-8-10-20(24)26-17-11-12-18-16(15-17)13-14-23(19(18)9-7-2)21(25)27-22(3,4)5/h7,9,11-12,15,19H,6,8,10,13-14H2,1-5H3/b9-7+/t19-/m0/s1. The maximum absolute atomic E-state index is 12.6. The molecule has 0 saturated carbocycles. The van der Waals surface area contributed by atoms with E-state index in [9.17, 15) is 9.59 Å². The molecule has 5 heteroatoms. The van der Waals surface area contributed by atoms with Crippen molar-refractivity contribution in [1.29, 1.82) is 0 Å². The number of fused-ring (bicyclic) bond motifs is 1. The monoisotopic (exact) mass is 373 g/mol. The van der Waals surface area contributed by atoms with E-state index in [2.05, 4.69) is 0 Å². The van der Waals surface area contributed by atoms with Gasteiger partial charge in [-0.05, 0) is 63.8 Å². The van der Waals surface area contributed by atoms with Gasteiger partial charge in [-0.25, -0.2) is 4.79 Å². The summed E-state index contributed by atoms with van der Waals surface area (Å²) in [5, 5.41) is 0. The average molecular weight is 373 g/mol. The van der Waals surface area contributed by atoms with Crippen LogP contribution in [0.2, 0.25) is 0 Å². The minimum absolute atomic E-state index is 0.182. The third kappa shape index (κ3) is 5.84. The summed E-state index contributed by atoms with van der Waals surface area (Å²) in [5.74, 6) is 0.368. The van der Waals surface area contributed by atoms with Crippen LogP contribution in [0.15, 0.2) is 30.4 Å². The van der Waals surface area contributed by atoms with Gasteiger partial charge in [0.15, 0.2) is 0 Å². The lowest BCUT2D eigenvalue weighted by molar-refractivity contribution is -0.134. The Morgan fingerprint density at radius 3 is 2.67 bits per heavy atom. The zero-order valence-electron chi connectivity index (χ0n) is 17.1. The Morgan fingerprint density at radius 1 is 1.30 bits per heavy atom. The second kappa shape index (κ2) is 9.07. The van der Waals surface area contributed by atoms with Crippen LogP contribution in [-0.2, 0) is 16.0 Å². The van der Waals surface area contributed by atoms with Gasteiger partial charge in [0.25, 0.3) is 0 Å². The van der Waals surface area contributed by atoms with Crippen molar-refractivity contribution >= 4 is 12.1 Å². The number of rotatable bonds is 5. The molecule has 1 aliphatic heterocycles. The molecule has 0 aromatic heterocycles. The summed E-state index contributed by atoms with van der Waals surface area (Å²) in [4.78, 5) is 26.3. The predicted octanol–water partition coefficient (Wildman–Crippen LogP) is 5.19. The fraction of sp³-hybridized carbons (Fsp3) is 0.545. The SMILES string of the molecule is C/C=C/[C@H]1c2ccc(OC(=O)CCCC)cc2CCN1C(=O)OC(C)(C)C. The van der Waals surface area contributed by atoms with Crippen LogP contribution in [0.4, 0.5) is 4.79 Å². The Bertz CT molecular complexity index is 703. The van der Waals surface area contributed by atoms with Gasteiger partial charge in [0.1, 0.15) is 11.4 Å². The molecule has 0 bridgehead atoms. The van der Waals surface area contributed by atoms with Crippen molar-refractivity contribution in [3.63, 3.8) is 0 Å². The molecule has 0 aliphatic carbocycles. The highest BCUT2D eigenvalue weighted by atomic mass is 16.6. The van der Waals surface area contributed by atoms with Gasteiger partial charge in [0.05, 0.1) is 6.04 Å². The van der Waals surface area contributed by atoms with Crippen LogP contribution in [-0.4, -0.2) is 29.1 Å². The van der Waals surface area contributed by atoms with Crippen molar-refractivity contribution in [3.8, 4) is 5.75 Å². The number of nitrogens with zero attached hydrogens (tertiary/aromatic N) is 1. The maximum atomic E-state index is 12.6. The normalized spacial score (nSPS) is 16.9. The molecule has 2 rings (SSSR count). The van der Waals surface area contributed by atoms with Gasteiger partial charge < -0.3 is 9.47 Å². The van der Waals surface area contributed by atoms with Crippen molar-refractivity contribution in [1.82, 2.24) is 4.90 Å². The lowest BCUT2D eigenvalue weighted by Gasteiger charge is -2.36. The molecule has 0 unspecified atom stereocenters. The van der Waals surface area contributed by atoms with Crippen LogP contribution in [0.3, 0.4) is 0 Å². The highest BCUT2D eigenvalue weighted by molar-refractivity contribution is 5.73. The molecule has 0 spiro atoms. The van der Waals surface area contributed by atoms with Crippen molar-refractivity contribution in [2.24, 2.45) is 0 Å². The molecule has 1 aromatic carbocycles. The predicted molar refractivity (Wildman–Crippen MR) is 106 cm³/mol. The summed E-state index contributed by atoms with van der Waals surface area (Å²) in [5.41, 5.74) is 1.60. The number of carbonyl (C=O) groups excluding carboxylic acids is 2. The first kappa shape index (κ1) is 21.0. The number of carbonyl (C=O) groups is 2. The van der Waals surface area contributed by atoms with E-state index >= 15 is 0 Å². The van der Waals surface area contributed by atoms with Crippen LogP contribution in [0.5, 0.6) is 5.75 Å². The molecule has 1 aromatic rings. The molecule has 148 valence electrons. The molecule has 1 atom stereocenters. The fourth-order valence-electron chi connectivity index (χ4n) is 3.12. The van der Waals surface area contributed by atoms with Crippen LogP contribution in [0, 0.1) is 0 Å². The van der Waals surface area contributed by atoms with Crippen LogP contribution in [0.1, 0.15) is 71.0 Å². The summed E-state index contributed by atoms with van der Waals surface area (Å²) >= 11 is 0. The lowest BCUT2D eigenvalue weighted by Crippen LogP contribution is -2.42. The zero-order valence-corrected chi connectivity index (χ0v) is 17.1. The molecular formula is C22H31NO4. The van der Waals surface area contributed by atoms with Crippen LogP contribution < -0.4 is 4.74 Å². The van der Waals surface area contributed by atoms with E-state index in [4.69, 9.17) is 9.47 Å². The minimum atomic E-state index is -0.533. The molecule has 1 amide bonds. The first-order chi connectivity index (χ1) is 12.7. The minimum Gasteiger partial charge on any atom is -0.444 e. The van der Waals surface area contributed by atoms with Crippen LogP contribution >= 0.6 is 0 Å². The Morgan fingerprint density at radius 2 is 2.04 bits per heavy atom. The molecule has 0 N–H and O–H groups in total. The molecule has 0 saturated heterocycles. The second-order valence-corrected chi connectivity index (χ2v) is 7.83. The van der Waals surface area contributed by atoms with E-state index in [1.165, 1.54) is 0 Å². The molecule has 0 radical (unpaired) electrons. The van der Waals surface area contributed by atoms with Gasteiger partial charge in [-0.2, -0.15) is 0 Å². The fourth-order valence-corrected chi connectivity index (χ4v) is 3.12. The number of allylic oxidation sites excluding steroid dienone is 1. The molecule has 5 nitrogen and oxygen atoms in total. The smallest absolute Gasteiger partial charge is 0.411 e. The molecule has 1 aliphatic rings. The summed E-state index contributed by atoms with van der Waals surface area (Å²) < 4.78 is 11.0. The second-order valence-electron chi connectivity index (χ2n) is 7.83. The van der Waals surface area contributed by atoms with Gasteiger partial charge in [0, 0.05) is 13.0 Å². The lowest BCUT2D eigenvalue weighted by atomic mass is 9.92. The van der Waals surface area contributed by atoms with Crippen LogP contribution in [0.25, 0.3) is 0 Å². The zero-order chi connectivity index (χ0) is 20.0. The summed E-state index contributed by atoms with van der Waals surface area (Å²) in [6.07, 6.45) is 6.55. The van der Waals surface area contributed by atoms with Gasteiger partial charge in [-0.3, -0.25) is 9.69 Å². The number of hydrogen-bond donors (Lipinski definition) is 0. The number of unbranched alkanes of at least 4 members (excludes halogenated alkanes) is 1. The Hall–Kier alpha value is -2.30. The van der Waals surface area contributed by atoms with Crippen molar-refractivity contribution in [2.45, 2.75) is 71.9 Å². The molecule has 1 heterocycles. The topological polar surface area (TPSA) is 55.8 Å². The maximum Gasteiger partial charge on any atom is 0.411 e. The number of esters is 1. The molecule has 0 fully saturated rings. The van der Waals surface area contributed by atoms with Gasteiger partial charge >= 0.3 is 12.1 Å². The van der Waals surface area contributed by atoms with Gasteiger partial charge in [0.2, 0.25) is 0 Å². The third-order valence-corrected chi connectivity index (χ3v) is 4.36. The van der Waals surface area contributed by atoms with E-state index in [0.717, 1.165) is 24.0 Å². The Labute approximate surface area is 162 Å². The summed E-state index contributed by atoms with van der Waals surface area (Å²) in [7, 11) is 0. The van der Waals surface area contributed by atoms with E-state index in [0.29, 0.717) is 25.1 Å². The first-order valence-corrected chi connectivity index (χ1v) is 9.71. The number of benzene rings is 1. The highest BCUT2D eigenvalue weighted by Gasteiger charge is 2.32. The Kier molecular flexibility index (Phi) is 7.05. The molecular weight excluding hydrogens is 342 g/mol. The summed E-state index contributed by atoms with van der Waals surface area (Å²) in [6, 6.07) is 5.48. The van der Waals surface area contributed by atoms with Gasteiger partial charge in [-0.1, -0.05) is 31.6 Å². The van der Waals surface area contributed by atoms with E-state index in [-0.39, 0.29) is 18.1 Å². The van der Waals surface area contributed by atoms with Gasteiger partial charge in [-0.15, -0.1) is 0 Å². The number of hydrogen-bond acceptors (Lipinski definition) is 4. The molecule has 27 heavy (non-hydrogen) atoms. The highest BCUT2D eigenvalue weighted by Crippen LogP contribution is 2.34. The van der Waals surface area contributed by atoms with E-state index in [1.807, 2.05) is 58.9 Å². The van der Waals surface area contributed by atoms with E-state index < -0.39 is 5.60 Å². The average Bonchev–Trinajstić information content (AvgIpc) is 2.58.